The summed E-state index contributed by atoms with van der Waals surface area (Å²) in [5.41, 5.74) is 0.453. The van der Waals surface area contributed by atoms with Crippen LogP contribution in [0.4, 0.5) is 0 Å². The van der Waals surface area contributed by atoms with Gasteiger partial charge >= 0.3 is 0 Å². The van der Waals surface area contributed by atoms with Gasteiger partial charge in [-0.15, -0.1) is 11.3 Å². The number of hydrogen-bond donors (Lipinski definition) is 1. The molecular weight excluding hydrogens is 274 g/mol. The van der Waals surface area contributed by atoms with Gasteiger partial charge in [-0.05, 0) is 0 Å². The van der Waals surface area contributed by atoms with E-state index in [9.17, 15) is 4.79 Å². The molecule has 108 valence electrons. The smallest absolute Gasteiger partial charge is 0.270 e. The van der Waals surface area contributed by atoms with Crippen molar-refractivity contribution < 1.29 is 9.21 Å². The third-order valence-corrected chi connectivity index (χ3v) is 3.97. The Morgan fingerprint density at radius 1 is 1.45 bits per heavy atom. The summed E-state index contributed by atoms with van der Waals surface area (Å²) in [6, 6.07) is 0. The Bertz CT molecular complexity index is 596. The fourth-order valence-corrected chi connectivity index (χ4v) is 2.52. The Labute approximate surface area is 122 Å². The van der Waals surface area contributed by atoms with E-state index in [2.05, 4.69) is 36.1 Å². The molecule has 2 aromatic rings. The molecule has 6 heteroatoms. The second-order valence-electron chi connectivity index (χ2n) is 5.64. The number of nitrogens with zero attached hydrogens (tertiary/aromatic N) is 2. The topological polar surface area (TPSA) is 68.0 Å². The fourth-order valence-electron chi connectivity index (χ4n) is 1.63. The van der Waals surface area contributed by atoms with E-state index in [1.54, 1.807) is 18.5 Å². The van der Waals surface area contributed by atoms with E-state index in [4.69, 9.17) is 4.42 Å². The number of amides is 1. The first-order valence-corrected chi connectivity index (χ1v) is 7.40. The highest BCUT2D eigenvalue weighted by Gasteiger charge is 2.20. The lowest BCUT2D eigenvalue weighted by Gasteiger charge is -2.13. The maximum Gasteiger partial charge on any atom is 0.270 e. The molecule has 0 aliphatic rings. The molecule has 0 saturated carbocycles. The lowest BCUT2D eigenvalue weighted by atomic mass is 9.98. The maximum absolute atomic E-state index is 12.0. The molecule has 0 saturated heterocycles. The molecule has 0 aromatic carbocycles. The second kappa shape index (κ2) is 5.75. The van der Waals surface area contributed by atoms with Gasteiger partial charge in [0.15, 0.2) is 5.89 Å². The first-order chi connectivity index (χ1) is 9.36. The standard InChI is InChI=1S/C14H19N3O2S/c1-9-16-7-10(19-9)5-6-15-12(18)11-8-20-13(17-11)14(2,3)4/h7-8H,5-6H2,1-4H3,(H,15,18). The van der Waals surface area contributed by atoms with Gasteiger partial charge in [-0.25, -0.2) is 9.97 Å². The summed E-state index contributed by atoms with van der Waals surface area (Å²) in [5, 5.41) is 5.61. The zero-order chi connectivity index (χ0) is 14.8. The number of carbonyl (C=O) groups excluding carboxylic acids is 1. The minimum atomic E-state index is -0.145. The van der Waals surface area contributed by atoms with Crippen LogP contribution in [0.15, 0.2) is 16.0 Å². The quantitative estimate of drug-likeness (QED) is 0.941. The van der Waals surface area contributed by atoms with Gasteiger partial charge in [-0.2, -0.15) is 0 Å². The molecule has 1 N–H and O–H groups in total. The van der Waals surface area contributed by atoms with Gasteiger partial charge < -0.3 is 9.73 Å². The Morgan fingerprint density at radius 2 is 2.20 bits per heavy atom. The normalized spacial score (nSPS) is 11.6. The first kappa shape index (κ1) is 14.7. The Hall–Kier alpha value is -1.69. The number of oxazole rings is 1. The van der Waals surface area contributed by atoms with Crippen LogP contribution in [0.2, 0.25) is 0 Å². The predicted molar refractivity (Wildman–Crippen MR) is 78.1 cm³/mol. The summed E-state index contributed by atoms with van der Waals surface area (Å²) in [5.74, 6) is 1.27. The molecule has 0 aliphatic heterocycles. The molecule has 0 bridgehead atoms. The van der Waals surface area contributed by atoms with Gasteiger partial charge in [0.1, 0.15) is 11.5 Å². The van der Waals surface area contributed by atoms with Crippen LogP contribution in [-0.4, -0.2) is 22.4 Å². The van der Waals surface area contributed by atoms with Gasteiger partial charge in [-0.1, -0.05) is 20.8 Å². The Morgan fingerprint density at radius 3 is 2.75 bits per heavy atom. The van der Waals surface area contributed by atoms with Crippen molar-refractivity contribution in [3.63, 3.8) is 0 Å². The van der Waals surface area contributed by atoms with Gasteiger partial charge in [0.2, 0.25) is 0 Å². The van der Waals surface area contributed by atoms with E-state index in [0.717, 1.165) is 10.8 Å². The SMILES string of the molecule is Cc1ncc(CCNC(=O)c2csc(C(C)(C)C)n2)o1. The van der Waals surface area contributed by atoms with Crippen LogP contribution in [0.25, 0.3) is 0 Å². The van der Waals surface area contributed by atoms with Gasteiger partial charge in [-0.3, -0.25) is 4.79 Å². The second-order valence-corrected chi connectivity index (χ2v) is 6.50. The molecular formula is C14H19N3O2S. The molecule has 1 amide bonds. The van der Waals surface area contributed by atoms with Crippen molar-refractivity contribution in [3.05, 3.63) is 33.9 Å². The molecule has 20 heavy (non-hydrogen) atoms. The third kappa shape index (κ3) is 3.66. The molecule has 0 unspecified atom stereocenters. The van der Waals surface area contributed by atoms with Gasteiger partial charge in [0.25, 0.3) is 5.91 Å². The number of hydrogen-bond acceptors (Lipinski definition) is 5. The number of aryl methyl sites for hydroxylation is 1. The summed E-state index contributed by atoms with van der Waals surface area (Å²) in [6.45, 7) is 8.56. The van der Waals surface area contributed by atoms with E-state index in [0.29, 0.717) is 24.6 Å². The summed E-state index contributed by atoms with van der Waals surface area (Å²) in [4.78, 5) is 20.4. The minimum absolute atomic E-state index is 0.0272. The molecule has 0 fully saturated rings. The van der Waals surface area contributed by atoms with Crippen molar-refractivity contribution in [3.8, 4) is 0 Å². The van der Waals surface area contributed by atoms with Crippen LogP contribution in [0.3, 0.4) is 0 Å². The van der Waals surface area contributed by atoms with Crippen molar-refractivity contribution in [1.82, 2.24) is 15.3 Å². The maximum atomic E-state index is 12.0. The highest BCUT2D eigenvalue weighted by Crippen LogP contribution is 2.25. The number of thiazole rings is 1. The van der Waals surface area contributed by atoms with E-state index in [1.165, 1.54) is 11.3 Å². The van der Waals surface area contributed by atoms with Crippen LogP contribution < -0.4 is 5.32 Å². The Balaban J connectivity index is 1.87. The molecule has 0 aliphatic carbocycles. The van der Waals surface area contributed by atoms with E-state index < -0.39 is 0 Å². The van der Waals surface area contributed by atoms with Crippen molar-refractivity contribution in [2.75, 3.05) is 6.54 Å². The van der Waals surface area contributed by atoms with Crippen LogP contribution in [0, 0.1) is 6.92 Å². The van der Waals surface area contributed by atoms with Crippen LogP contribution >= 0.6 is 11.3 Å². The fraction of sp³-hybridized carbons (Fsp3) is 0.500. The summed E-state index contributed by atoms with van der Waals surface area (Å²) in [6.07, 6.45) is 2.31. The van der Waals surface area contributed by atoms with Crippen molar-refractivity contribution in [2.45, 2.75) is 39.5 Å². The van der Waals surface area contributed by atoms with Gasteiger partial charge in [0.05, 0.1) is 11.2 Å². The largest absolute Gasteiger partial charge is 0.446 e. The monoisotopic (exact) mass is 293 g/mol. The minimum Gasteiger partial charge on any atom is -0.446 e. The summed E-state index contributed by atoms with van der Waals surface area (Å²) in [7, 11) is 0. The number of aromatic nitrogens is 2. The molecule has 0 atom stereocenters. The zero-order valence-electron chi connectivity index (χ0n) is 12.2. The molecule has 2 heterocycles. The number of rotatable bonds is 4. The Kier molecular flexibility index (Phi) is 4.23. The lowest BCUT2D eigenvalue weighted by molar-refractivity contribution is 0.0949. The average molecular weight is 293 g/mol. The summed E-state index contributed by atoms with van der Waals surface area (Å²) < 4.78 is 5.34. The lowest BCUT2D eigenvalue weighted by Crippen LogP contribution is -2.26. The van der Waals surface area contributed by atoms with E-state index in [1.807, 2.05) is 0 Å². The molecule has 0 spiro atoms. The van der Waals surface area contributed by atoms with E-state index in [-0.39, 0.29) is 11.3 Å². The van der Waals surface area contributed by atoms with Crippen LogP contribution in [-0.2, 0) is 11.8 Å². The van der Waals surface area contributed by atoms with Crippen molar-refractivity contribution >= 4 is 17.2 Å². The third-order valence-electron chi connectivity index (χ3n) is 2.70. The van der Waals surface area contributed by atoms with Crippen LogP contribution in [0.5, 0.6) is 0 Å². The molecule has 5 nitrogen and oxygen atoms in total. The van der Waals surface area contributed by atoms with E-state index >= 15 is 0 Å². The van der Waals surface area contributed by atoms with Crippen LogP contribution in [0.1, 0.15) is 47.9 Å². The molecule has 2 aromatic heterocycles. The highest BCUT2D eigenvalue weighted by molar-refractivity contribution is 7.10. The highest BCUT2D eigenvalue weighted by atomic mass is 32.1. The summed E-state index contributed by atoms with van der Waals surface area (Å²) >= 11 is 1.52. The van der Waals surface area contributed by atoms with Crippen molar-refractivity contribution in [1.29, 1.82) is 0 Å². The number of carbonyl (C=O) groups is 1. The average Bonchev–Trinajstić information content (AvgIpc) is 2.97. The zero-order valence-corrected chi connectivity index (χ0v) is 13.0. The molecule has 2 rings (SSSR count). The first-order valence-electron chi connectivity index (χ1n) is 6.52. The molecule has 0 radical (unpaired) electrons. The van der Waals surface area contributed by atoms with Crippen molar-refractivity contribution in [2.24, 2.45) is 0 Å². The predicted octanol–water partition coefficient (Wildman–Crippen LogP) is 2.71. The number of nitrogens with one attached hydrogen (secondary N) is 1. The van der Waals surface area contributed by atoms with Gasteiger partial charge in [0, 0.05) is 30.7 Å².